The molecular formula is C19H11ClF3N3O2S. The third kappa shape index (κ3) is 5.31. The van der Waals surface area contributed by atoms with Gasteiger partial charge in [-0.25, -0.2) is 4.98 Å². The van der Waals surface area contributed by atoms with Crippen molar-refractivity contribution < 1.29 is 17.9 Å². The van der Waals surface area contributed by atoms with Crippen molar-refractivity contribution in [2.45, 2.75) is 17.3 Å². The Morgan fingerprint density at radius 3 is 2.48 bits per heavy atom. The topological polar surface area (TPSA) is 78.8 Å². The number of aromatic nitrogens is 2. The highest BCUT2D eigenvalue weighted by Crippen LogP contribution is 2.29. The van der Waals surface area contributed by atoms with Crippen molar-refractivity contribution in [3.63, 3.8) is 0 Å². The summed E-state index contributed by atoms with van der Waals surface area (Å²) >= 11 is 7.32. The van der Waals surface area contributed by atoms with Gasteiger partial charge in [0, 0.05) is 16.3 Å². The predicted molar refractivity (Wildman–Crippen MR) is 103 cm³/mol. The van der Waals surface area contributed by atoms with Gasteiger partial charge in [-0.3, -0.25) is 4.79 Å². The fourth-order valence-electron chi connectivity index (χ4n) is 2.41. The quantitative estimate of drug-likeness (QED) is 0.441. The number of hydrogen-bond acceptors (Lipinski definition) is 5. The fraction of sp³-hybridized carbons (Fsp3) is 0.105. The first-order valence-electron chi connectivity index (χ1n) is 8.03. The van der Waals surface area contributed by atoms with Crippen LogP contribution in [0, 0.1) is 11.3 Å². The van der Waals surface area contributed by atoms with E-state index < -0.39 is 17.7 Å². The van der Waals surface area contributed by atoms with Crippen molar-refractivity contribution >= 4 is 23.4 Å². The lowest BCUT2D eigenvalue weighted by Gasteiger charge is -2.10. The molecule has 1 aromatic heterocycles. The second-order valence-corrected chi connectivity index (χ2v) is 7.03. The number of hydrogen-bond donors (Lipinski definition) is 1. The number of nitrogens with one attached hydrogen (secondary N) is 1. The van der Waals surface area contributed by atoms with Gasteiger partial charge in [0.1, 0.15) is 17.4 Å². The average Bonchev–Trinajstić information content (AvgIpc) is 2.66. The highest BCUT2D eigenvalue weighted by atomic mass is 35.5. The van der Waals surface area contributed by atoms with E-state index in [-0.39, 0.29) is 16.4 Å². The van der Waals surface area contributed by atoms with Crippen molar-refractivity contribution in [3.8, 4) is 23.1 Å². The van der Waals surface area contributed by atoms with Gasteiger partial charge in [0.05, 0.1) is 5.69 Å². The molecule has 0 atom stereocenters. The second kappa shape index (κ2) is 8.59. The van der Waals surface area contributed by atoms with Crippen LogP contribution in [0.25, 0.3) is 11.3 Å². The van der Waals surface area contributed by atoms with E-state index in [2.05, 4.69) is 14.7 Å². The van der Waals surface area contributed by atoms with Gasteiger partial charge in [0.2, 0.25) is 0 Å². The molecule has 5 nitrogen and oxygen atoms in total. The molecule has 0 bridgehead atoms. The van der Waals surface area contributed by atoms with Gasteiger partial charge in [-0.1, -0.05) is 41.6 Å². The number of nitrogens with zero attached hydrogens (tertiary/aromatic N) is 2. The summed E-state index contributed by atoms with van der Waals surface area (Å²) in [5.74, 6) is 0.00433. The third-order valence-electron chi connectivity index (χ3n) is 3.69. The molecule has 0 saturated heterocycles. The number of rotatable bonds is 5. The van der Waals surface area contributed by atoms with Crippen LogP contribution in [0.15, 0.2) is 58.5 Å². The van der Waals surface area contributed by atoms with E-state index in [1.807, 2.05) is 12.1 Å². The molecular weight excluding hydrogens is 427 g/mol. The molecule has 0 aliphatic rings. The zero-order valence-electron chi connectivity index (χ0n) is 14.5. The smallest absolute Gasteiger partial charge is 0.406 e. The number of aromatic amines is 1. The van der Waals surface area contributed by atoms with Gasteiger partial charge in [0.15, 0.2) is 5.16 Å². The number of halogens is 4. The Morgan fingerprint density at radius 1 is 1.17 bits per heavy atom. The normalized spacial score (nSPS) is 11.1. The molecule has 148 valence electrons. The zero-order valence-corrected chi connectivity index (χ0v) is 16.0. The molecule has 0 amide bonds. The molecule has 3 rings (SSSR count). The molecule has 0 saturated carbocycles. The fourth-order valence-corrected chi connectivity index (χ4v) is 3.56. The Labute approximate surface area is 172 Å². The van der Waals surface area contributed by atoms with Gasteiger partial charge < -0.3 is 9.72 Å². The molecule has 0 radical (unpaired) electrons. The van der Waals surface area contributed by atoms with Gasteiger partial charge in [0.25, 0.3) is 5.56 Å². The van der Waals surface area contributed by atoms with E-state index in [0.717, 1.165) is 17.7 Å². The van der Waals surface area contributed by atoms with Crippen molar-refractivity contribution in [2.24, 2.45) is 0 Å². The monoisotopic (exact) mass is 437 g/mol. The summed E-state index contributed by atoms with van der Waals surface area (Å²) in [5, 5.41) is 10.1. The maximum Gasteiger partial charge on any atom is 0.573 e. The summed E-state index contributed by atoms with van der Waals surface area (Å²) in [6, 6.07) is 13.7. The Morgan fingerprint density at radius 2 is 1.86 bits per heavy atom. The van der Waals surface area contributed by atoms with Crippen LogP contribution in [0.3, 0.4) is 0 Å². The van der Waals surface area contributed by atoms with Crippen LogP contribution in [-0.2, 0) is 5.75 Å². The maximum atomic E-state index is 12.3. The molecule has 0 fully saturated rings. The van der Waals surface area contributed by atoms with Crippen LogP contribution < -0.4 is 10.3 Å². The van der Waals surface area contributed by atoms with E-state index in [1.165, 1.54) is 23.9 Å². The SMILES string of the molecule is N#Cc1c(-c2ccc(OC(F)(F)F)cc2)nc(SCc2ccccc2Cl)[nH]c1=O. The van der Waals surface area contributed by atoms with E-state index in [1.54, 1.807) is 18.2 Å². The van der Waals surface area contributed by atoms with E-state index >= 15 is 0 Å². The highest BCUT2D eigenvalue weighted by Gasteiger charge is 2.31. The summed E-state index contributed by atoms with van der Waals surface area (Å²) in [5.41, 5.74) is 0.325. The minimum atomic E-state index is -4.82. The van der Waals surface area contributed by atoms with Crippen LogP contribution in [0.2, 0.25) is 5.02 Å². The van der Waals surface area contributed by atoms with Crippen LogP contribution in [0.1, 0.15) is 11.1 Å². The molecule has 1 N–H and O–H groups in total. The number of ether oxygens (including phenoxy) is 1. The van der Waals surface area contributed by atoms with E-state index in [4.69, 9.17) is 11.6 Å². The lowest BCUT2D eigenvalue weighted by atomic mass is 10.1. The van der Waals surface area contributed by atoms with E-state index in [0.29, 0.717) is 16.3 Å². The number of H-pyrrole nitrogens is 1. The first kappa shape index (κ1) is 20.8. The summed E-state index contributed by atoms with van der Waals surface area (Å²) in [7, 11) is 0. The van der Waals surface area contributed by atoms with Crippen LogP contribution in [-0.4, -0.2) is 16.3 Å². The molecule has 2 aromatic carbocycles. The van der Waals surface area contributed by atoms with Crippen molar-refractivity contribution in [2.75, 3.05) is 0 Å². The molecule has 3 aromatic rings. The Hall–Kier alpha value is -2.96. The Balaban J connectivity index is 1.91. The zero-order chi connectivity index (χ0) is 21.0. The maximum absolute atomic E-state index is 12.3. The molecule has 1 heterocycles. The minimum absolute atomic E-state index is 0.0662. The lowest BCUT2D eigenvalue weighted by molar-refractivity contribution is -0.274. The number of thioether (sulfide) groups is 1. The van der Waals surface area contributed by atoms with Gasteiger partial charge in [-0.05, 0) is 35.9 Å². The van der Waals surface area contributed by atoms with E-state index in [9.17, 15) is 23.2 Å². The first-order chi connectivity index (χ1) is 13.8. The second-order valence-electron chi connectivity index (χ2n) is 5.66. The standard InChI is InChI=1S/C19H11ClF3N3O2S/c20-15-4-2-1-3-12(15)10-29-18-25-16(14(9-24)17(27)26-18)11-5-7-13(8-6-11)28-19(21,22)23/h1-8H,10H2,(H,25,26,27). The lowest BCUT2D eigenvalue weighted by Crippen LogP contribution is -2.17. The molecule has 0 unspecified atom stereocenters. The Bertz CT molecular complexity index is 1130. The van der Waals surface area contributed by atoms with Crippen molar-refractivity contribution in [1.29, 1.82) is 5.26 Å². The minimum Gasteiger partial charge on any atom is -0.406 e. The molecule has 0 aliphatic heterocycles. The number of alkyl halides is 3. The summed E-state index contributed by atoms with van der Waals surface area (Å²) < 4.78 is 40.7. The summed E-state index contributed by atoms with van der Waals surface area (Å²) in [6.07, 6.45) is -4.82. The molecule has 0 aliphatic carbocycles. The van der Waals surface area contributed by atoms with Crippen LogP contribution in [0.5, 0.6) is 5.75 Å². The molecule has 10 heteroatoms. The molecule has 0 spiro atoms. The first-order valence-corrected chi connectivity index (χ1v) is 9.40. The molecule has 29 heavy (non-hydrogen) atoms. The average molecular weight is 438 g/mol. The predicted octanol–water partition coefficient (Wildman–Crippen LogP) is 5.15. The highest BCUT2D eigenvalue weighted by molar-refractivity contribution is 7.98. The van der Waals surface area contributed by atoms with Crippen molar-refractivity contribution in [1.82, 2.24) is 9.97 Å². The summed E-state index contributed by atoms with van der Waals surface area (Å²) in [4.78, 5) is 19.1. The Kier molecular flexibility index (Phi) is 6.15. The third-order valence-corrected chi connectivity index (χ3v) is 4.98. The largest absolute Gasteiger partial charge is 0.573 e. The van der Waals surface area contributed by atoms with Gasteiger partial charge in [-0.15, -0.1) is 13.2 Å². The van der Waals surface area contributed by atoms with Crippen LogP contribution >= 0.6 is 23.4 Å². The number of benzene rings is 2. The van der Waals surface area contributed by atoms with Crippen LogP contribution in [0.4, 0.5) is 13.2 Å². The summed E-state index contributed by atoms with van der Waals surface area (Å²) in [6.45, 7) is 0. The van der Waals surface area contributed by atoms with Crippen molar-refractivity contribution in [3.05, 3.63) is 75.0 Å². The van der Waals surface area contributed by atoms with Gasteiger partial charge >= 0.3 is 6.36 Å². The van der Waals surface area contributed by atoms with Gasteiger partial charge in [-0.2, -0.15) is 5.26 Å². The number of nitriles is 1.